The zero-order valence-electron chi connectivity index (χ0n) is 48.8. The number of aliphatic hydroxyl groups excluding tert-OH is 1. The Labute approximate surface area is 458 Å². The molecular weight excluding hydrogens is 936 g/mol. The van der Waals surface area contributed by atoms with Crippen molar-refractivity contribution in [3.05, 3.63) is 97.2 Å². The molecule has 0 rings (SSSR count). The fourth-order valence-electron chi connectivity index (χ4n) is 8.59. The molecule has 0 saturated heterocycles. The van der Waals surface area contributed by atoms with E-state index in [2.05, 4.69) is 116 Å². The predicted molar refractivity (Wildman–Crippen MR) is 322 cm³/mol. The normalized spacial score (nSPS) is 14.5. The maximum Gasteiger partial charge on any atom is 0.472 e. The first-order valence-corrected chi connectivity index (χ1v) is 32.1. The maximum atomic E-state index is 13.0. The van der Waals surface area contributed by atoms with Crippen molar-refractivity contribution in [3.63, 3.8) is 0 Å². The number of carbonyl (C=O) groups excluding carboxylic acids is 1. The van der Waals surface area contributed by atoms with Crippen molar-refractivity contribution < 1.29 is 32.9 Å². The number of aliphatic hydroxyl groups is 1. The third kappa shape index (κ3) is 57.1. The molecule has 428 valence electrons. The molecule has 0 bridgehead atoms. The van der Waals surface area contributed by atoms with Crippen LogP contribution in [0.2, 0.25) is 0 Å². The highest BCUT2D eigenvalue weighted by Gasteiger charge is 2.28. The molecule has 0 aromatic heterocycles. The third-order valence-corrected chi connectivity index (χ3v) is 14.3. The standard InChI is InChI=1S/C65H117N2O6P/c1-6-8-10-12-14-16-18-20-22-24-26-28-30-31-32-33-34-35-37-39-41-43-45-47-49-51-53-55-57-59-65(69)66-63(62-73-74(70,71)72-61-60-67(3,4)5)64(68)58-56-54-52-50-48-46-44-42-40-38-36-29-27-25-23-21-19-17-15-13-11-9-7-2/h8,10,14,16,20,22,26,28,31-32,34-35,39,41,45,47,63-64,68H,6-7,9,11-13,15,17-19,21,23-25,27,29-30,33,36-38,40,42-44,46,48-62H2,1-5H3,(H-,66,69,70,71)/p+1/b10-8-,16-14-,22-20-,28-26-,32-31-,35-34-,41-39-,47-45-. The quantitative estimate of drug-likeness (QED) is 0.0243. The Hall–Kier alpha value is -2.58. The summed E-state index contributed by atoms with van der Waals surface area (Å²) >= 11 is 0. The molecule has 3 N–H and O–H groups in total. The second-order valence-electron chi connectivity index (χ2n) is 21.7. The van der Waals surface area contributed by atoms with Gasteiger partial charge in [0.15, 0.2) is 0 Å². The summed E-state index contributed by atoms with van der Waals surface area (Å²) in [5.41, 5.74) is 0. The summed E-state index contributed by atoms with van der Waals surface area (Å²) < 4.78 is 23.8. The van der Waals surface area contributed by atoms with Gasteiger partial charge in [0.25, 0.3) is 0 Å². The number of likely N-dealkylation sites (N-methyl/N-ethyl adjacent to an activating group) is 1. The van der Waals surface area contributed by atoms with Crippen molar-refractivity contribution in [1.29, 1.82) is 0 Å². The number of quaternary nitrogens is 1. The smallest absolute Gasteiger partial charge is 0.391 e. The van der Waals surface area contributed by atoms with E-state index in [1.165, 1.54) is 128 Å². The number of allylic oxidation sites excluding steroid dienone is 16. The molecular formula is C65H118N2O6P+. The van der Waals surface area contributed by atoms with Crippen LogP contribution in [0.25, 0.3) is 0 Å². The minimum Gasteiger partial charge on any atom is -0.391 e. The molecule has 0 aliphatic heterocycles. The van der Waals surface area contributed by atoms with Crippen molar-refractivity contribution in [2.45, 2.75) is 270 Å². The largest absolute Gasteiger partial charge is 0.472 e. The molecule has 0 radical (unpaired) electrons. The van der Waals surface area contributed by atoms with Gasteiger partial charge in [0.1, 0.15) is 13.2 Å². The lowest BCUT2D eigenvalue weighted by Crippen LogP contribution is -2.46. The van der Waals surface area contributed by atoms with Gasteiger partial charge in [-0.2, -0.15) is 0 Å². The number of amides is 1. The molecule has 0 aromatic rings. The van der Waals surface area contributed by atoms with E-state index < -0.39 is 20.0 Å². The Morgan fingerprint density at radius 2 is 0.811 bits per heavy atom. The average molecular weight is 1050 g/mol. The van der Waals surface area contributed by atoms with Gasteiger partial charge >= 0.3 is 7.82 Å². The molecule has 8 nitrogen and oxygen atoms in total. The minimum atomic E-state index is -4.34. The molecule has 0 spiro atoms. The summed E-state index contributed by atoms with van der Waals surface area (Å²) in [6.07, 6.45) is 79.0. The van der Waals surface area contributed by atoms with Crippen LogP contribution in [-0.2, 0) is 18.4 Å². The molecule has 0 aromatic carbocycles. The Bertz CT molecular complexity index is 1520. The molecule has 0 saturated carbocycles. The monoisotopic (exact) mass is 1050 g/mol. The van der Waals surface area contributed by atoms with E-state index in [1.807, 2.05) is 21.1 Å². The molecule has 3 unspecified atom stereocenters. The summed E-state index contributed by atoms with van der Waals surface area (Å²) in [4.78, 5) is 23.4. The van der Waals surface area contributed by atoms with Crippen LogP contribution in [0.3, 0.4) is 0 Å². The highest BCUT2D eigenvalue weighted by molar-refractivity contribution is 7.47. The highest BCUT2D eigenvalue weighted by atomic mass is 31.2. The first kappa shape index (κ1) is 71.4. The number of nitrogens with zero attached hydrogens (tertiary/aromatic N) is 1. The van der Waals surface area contributed by atoms with Crippen LogP contribution in [0.15, 0.2) is 97.2 Å². The summed E-state index contributed by atoms with van der Waals surface area (Å²) in [5.74, 6) is -0.170. The van der Waals surface area contributed by atoms with Gasteiger partial charge in [0.05, 0.1) is 39.9 Å². The first-order valence-electron chi connectivity index (χ1n) is 30.6. The topological polar surface area (TPSA) is 105 Å². The second kappa shape index (κ2) is 55.2. The lowest BCUT2D eigenvalue weighted by Gasteiger charge is -2.26. The van der Waals surface area contributed by atoms with Crippen LogP contribution in [0.1, 0.15) is 258 Å². The number of hydrogen-bond donors (Lipinski definition) is 3. The van der Waals surface area contributed by atoms with E-state index in [0.717, 1.165) is 103 Å². The van der Waals surface area contributed by atoms with Gasteiger partial charge in [-0.15, -0.1) is 0 Å². The van der Waals surface area contributed by atoms with Crippen LogP contribution in [0.4, 0.5) is 0 Å². The fourth-order valence-corrected chi connectivity index (χ4v) is 9.33. The van der Waals surface area contributed by atoms with E-state index in [9.17, 15) is 19.4 Å². The van der Waals surface area contributed by atoms with Crippen LogP contribution < -0.4 is 5.32 Å². The molecule has 0 heterocycles. The summed E-state index contributed by atoms with van der Waals surface area (Å²) in [5, 5.41) is 14.1. The first-order chi connectivity index (χ1) is 36.0. The molecule has 1 amide bonds. The van der Waals surface area contributed by atoms with Crippen LogP contribution >= 0.6 is 7.82 Å². The van der Waals surface area contributed by atoms with Crippen LogP contribution in [0, 0.1) is 0 Å². The van der Waals surface area contributed by atoms with Gasteiger partial charge in [0, 0.05) is 6.42 Å². The van der Waals surface area contributed by atoms with E-state index in [0.29, 0.717) is 23.9 Å². The molecule has 3 atom stereocenters. The van der Waals surface area contributed by atoms with Crippen molar-refractivity contribution in [2.75, 3.05) is 40.9 Å². The maximum absolute atomic E-state index is 13.0. The molecule has 74 heavy (non-hydrogen) atoms. The van der Waals surface area contributed by atoms with Gasteiger partial charge < -0.3 is 19.8 Å². The molecule has 0 aliphatic carbocycles. The van der Waals surface area contributed by atoms with Crippen LogP contribution in [-0.4, -0.2) is 73.4 Å². The second-order valence-corrected chi connectivity index (χ2v) is 23.2. The van der Waals surface area contributed by atoms with Crippen molar-refractivity contribution >= 4 is 13.7 Å². The SMILES string of the molecule is CC/C=C\C/C=C\C/C=C\C/C=C\C/C=C\C/C=C\C/C=C\C/C=C\CCCCCCC(=O)NC(COP(=O)(O)OCC[N+](C)(C)C)C(O)CCCCCCCCCCCCCCCCCCCCCCCCC. The summed E-state index contributed by atoms with van der Waals surface area (Å²) in [6, 6.07) is -0.783. The number of carbonyl (C=O) groups is 1. The lowest BCUT2D eigenvalue weighted by atomic mass is 10.0. The van der Waals surface area contributed by atoms with Gasteiger partial charge in [-0.1, -0.05) is 272 Å². The highest BCUT2D eigenvalue weighted by Crippen LogP contribution is 2.43. The Morgan fingerprint density at radius 3 is 1.19 bits per heavy atom. The zero-order chi connectivity index (χ0) is 54.2. The van der Waals surface area contributed by atoms with E-state index >= 15 is 0 Å². The van der Waals surface area contributed by atoms with E-state index in [4.69, 9.17) is 9.05 Å². The number of phosphoric ester groups is 1. The Morgan fingerprint density at radius 1 is 0.473 bits per heavy atom. The predicted octanol–water partition coefficient (Wildman–Crippen LogP) is 19.0. The molecule has 0 aliphatic rings. The zero-order valence-corrected chi connectivity index (χ0v) is 49.7. The van der Waals surface area contributed by atoms with Gasteiger partial charge in [-0.3, -0.25) is 13.8 Å². The van der Waals surface area contributed by atoms with Gasteiger partial charge in [-0.25, -0.2) is 4.57 Å². The lowest BCUT2D eigenvalue weighted by molar-refractivity contribution is -0.870. The van der Waals surface area contributed by atoms with E-state index in [1.54, 1.807) is 0 Å². The summed E-state index contributed by atoms with van der Waals surface area (Å²) in [6.45, 7) is 4.77. The fraction of sp³-hybridized carbons (Fsp3) is 0.738. The van der Waals surface area contributed by atoms with Crippen molar-refractivity contribution in [1.82, 2.24) is 5.32 Å². The minimum absolute atomic E-state index is 0.0644. The average Bonchev–Trinajstić information content (AvgIpc) is 3.36. The molecule has 0 fully saturated rings. The van der Waals surface area contributed by atoms with E-state index in [-0.39, 0.29) is 19.1 Å². The number of rotatable bonds is 55. The Kier molecular flexibility index (Phi) is 53.3. The number of hydrogen-bond acceptors (Lipinski definition) is 5. The number of phosphoric acid groups is 1. The van der Waals surface area contributed by atoms with Crippen LogP contribution in [0.5, 0.6) is 0 Å². The Balaban J connectivity index is 4.24. The van der Waals surface area contributed by atoms with Crippen molar-refractivity contribution in [3.8, 4) is 0 Å². The van der Waals surface area contributed by atoms with Gasteiger partial charge in [-0.05, 0) is 77.0 Å². The number of unbranched alkanes of at least 4 members (excludes halogenated alkanes) is 26. The molecule has 9 heteroatoms. The van der Waals surface area contributed by atoms with Crippen molar-refractivity contribution in [2.24, 2.45) is 0 Å². The van der Waals surface area contributed by atoms with Gasteiger partial charge in [0.2, 0.25) is 5.91 Å². The third-order valence-electron chi connectivity index (χ3n) is 13.3. The number of nitrogens with one attached hydrogen (secondary N) is 1. The summed E-state index contributed by atoms with van der Waals surface area (Å²) in [7, 11) is 1.59.